The Morgan fingerprint density at radius 2 is 1.89 bits per heavy atom. The van der Waals surface area contributed by atoms with Crippen LogP contribution in [0, 0.1) is 0 Å². The maximum Gasteiger partial charge on any atom is 0.242 e. The lowest BCUT2D eigenvalue weighted by atomic mass is 10.1. The number of halogens is 1. The van der Waals surface area contributed by atoms with Gasteiger partial charge in [0.05, 0.1) is 0 Å². The second-order valence-electron chi connectivity index (χ2n) is 6.98. The fourth-order valence-electron chi connectivity index (χ4n) is 3.63. The van der Waals surface area contributed by atoms with Gasteiger partial charge in [-0.15, -0.1) is 0 Å². The molecule has 1 saturated carbocycles. The summed E-state index contributed by atoms with van der Waals surface area (Å²) in [5.41, 5.74) is 0.738. The monoisotopic (exact) mass is 451 g/mol. The minimum Gasteiger partial charge on any atom is -0.326 e. The van der Waals surface area contributed by atoms with Gasteiger partial charge in [-0.25, -0.2) is 0 Å². The zero-order chi connectivity index (χ0) is 19.2. The third-order valence-corrected chi connectivity index (χ3v) is 6.67. The van der Waals surface area contributed by atoms with E-state index in [1.807, 2.05) is 36.1 Å². The van der Waals surface area contributed by atoms with Crippen LogP contribution in [0.2, 0.25) is 0 Å². The number of amides is 2. The number of carbonyl (C=O) groups is 2. The first kappa shape index (κ1) is 20.4. The molecule has 5 nitrogen and oxygen atoms in total. The van der Waals surface area contributed by atoms with Crippen molar-refractivity contribution in [1.29, 1.82) is 0 Å². The van der Waals surface area contributed by atoms with Crippen LogP contribution < -0.4 is 5.32 Å². The Kier molecular flexibility index (Phi) is 7.35. The van der Waals surface area contributed by atoms with Gasteiger partial charge in [-0.2, -0.15) is 0 Å². The summed E-state index contributed by atoms with van der Waals surface area (Å²) in [6.45, 7) is 2.63. The largest absolute Gasteiger partial charge is 0.326 e. The molecular weight excluding hydrogens is 426 g/mol. The van der Waals surface area contributed by atoms with Crippen LogP contribution >= 0.6 is 27.7 Å². The van der Waals surface area contributed by atoms with Gasteiger partial charge in [0, 0.05) is 29.2 Å². The molecule has 1 aliphatic heterocycles. The molecular formula is C20H26BrN3O2S. The normalized spacial score (nSPS) is 22.9. The smallest absolute Gasteiger partial charge is 0.242 e. The standard InChI is InChI=1S/C20H26BrN3O2S/c1-2-22-20-24(16-7-5-3-4-6-8-16)19(26)17(27-20)13-18(25)23-15-11-9-14(21)10-12-15/h9-12,16-17H,2-8,13H2,1H3,(H,23,25)/t17-/m0/s1. The predicted molar refractivity (Wildman–Crippen MR) is 115 cm³/mol. The summed E-state index contributed by atoms with van der Waals surface area (Å²) in [4.78, 5) is 32.0. The minimum absolute atomic E-state index is 0.0463. The number of aliphatic imine (C=N–C) groups is 1. The Balaban J connectivity index is 1.66. The summed E-state index contributed by atoms with van der Waals surface area (Å²) in [7, 11) is 0. The molecule has 1 heterocycles. The molecule has 2 fully saturated rings. The van der Waals surface area contributed by atoms with Crippen molar-refractivity contribution < 1.29 is 9.59 Å². The summed E-state index contributed by atoms with van der Waals surface area (Å²) in [5.74, 6) is -0.0909. The molecule has 0 spiro atoms. The first-order chi connectivity index (χ1) is 13.1. The number of hydrogen-bond donors (Lipinski definition) is 1. The number of benzene rings is 1. The minimum atomic E-state index is -0.381. The van der Waals surface area contributed by atoms with Crippen molar-refractivity contribution in [3.8, 4) is 0 Å². The molecule has 3 rings (SSSR count). The van der Waals surface area contributed by atoms with Crippen LogP contribution in [0.15, 0.2) is 33.7 Å². The Morgan fingerprint density at radius 3 is 2.52 bits per heavy atom. The van der Waals surface area contributed by atoms with E-state index in [-0.39, 0.29) is 29.5 Å². The topological polar surface area (TPSA) is 61.8 Å². The molecule has 2 aliphatic rings. The van der Waals surface area contributed by atoms with Crippen molar-refractivity contribution in [1.82, 2.24) is 4.90 Å². The summed E-state index contributed by atoms with van der Waals surface area (Å²) in [6.07, 6.45) is 7.04. The molecule has 1 saturated heterocycles. The number of amidine groups is 1. The highest BCUT2D eigenvalue weighted by molar-refractivity contribution is 9.10. The number of rotatable bonds is 5. The van der Waals surface area contributed by atoms with Gasteiger partial charge in [0.2, 0.25) is 11.8 Å². The first-order valence-electron chi connectivity index (χ1n) is 9.68. The molecule has 0 unspecified atom stereocenters. The van der Waals surface area contributed by atoms with E-state index in [0.29, 0.717) is 6.54 Å². The molecule has 1 atom stereocenters. The highest BCUT2D eigenvalue weighted by Crippen LogP contribution is 2.35. The van der Waals surface area contributed by atoms with Gasteiger partial charge < -0.3 is 5.32 Å². The summed E-state index contributed by atoms with van der Waals surface area (Å²) in [6, 6.07) is 7.67. The van der Waals surface area contributed by atoms with Crippen molar-refractivity contribution in [2.75, 3.05) is 11.9 Å². The molecule has 2 amide bonds. The van der Waals surface area contributed by atoms with Gasteiger partial charge in [-0.05, 0) is 44.0 Å². The number of anilines is 1. The Labute approximate surface area is 173 Å². The van der Waals surface area contributed by atoms with Crippen molar-refractivity contribution in [2.24, 2.45) is 4.99 Å². The SMILES string of the molecule is CCN=C1S[C@@H](CC(=O)Nc2ccc(Br)cc2)C(=O)N1C1CCCCCC1. The molecule has 0 radical (unpaired) electrons. The van der Waals surface area contributed by atoms with Gasteiger partial charge in [0.25, 0.3) is 0 Å². The second-order valence-corrected chi connectivity index (χ2v) is 9.06. The number of thioether (sulfide) groups is 1. The van der Waals surface area contributed by atoms with E-state index in [9.17, 15) is 9.59 Å². The zero-order valence-corrected chi connectivity index (χ0v) is 18.0. The Hall–Kier alpha value is -1.34. The molecule has 1 aromatic carbocycles. The Morgan fingerprint density at radius 1 is 1.22 bits per heavy atom. The molecule has 1 aromatic rings. The predicted octanol–water partition coefficient (Wildman–Crippen LogP) is 4.82. The van der Waals surface area contributed by atoms with E-state index < -0.39 is 0 Å². The van der Waals surface area contributed by atoms with Crippen LogP contribution in [0.25, 0.3) is 0 Å². The molecule has 7 heteroatoms. The number of carbonyl (C=O) groups excluding carboxylic acids is 2. The lowest BCUT2D eigenvalue weighted by Gasteiger charge is -2.26. The van der Waals surface area contributed by atoms with Gasteiger partial charge in [0.1, 0.15) is 5.25 Å². The van der Waals surface area contributed by atoms with E-state index in [2.05, 4.69) is 26.2 Å². The molecule has 0 bridgehead atoms. The number of nitrogens with one attached hydrogen (secondary N) is 1. The molecule has 1 N–H and O–H groups in total. The van der Waals surface area contributed by atoms with Gasteiger partial charge in [-0.1, -0.05) is 53.4 Å². The van der Waals surface area contributed by atoms with Crippen LogP contribution in [-0.4, -0.2) is 39.7 Å². The van der Waals surface area contributed by atoms with Crippen LogP contribution in [-0.2, 0) is 9.59 Å². The fraction of sp³-hybridized carbons (Fsp3) is 0.550. The summed E-state index contributed by atoms with van der Waals surface area (Å²) in [5, 5.41) is 3.31. The average molecular weight is 452 g/mol. The van der Waals surface area contributed by atoms with Crippen LogP contribution in [0.3, 0.4) is 0 Å². The molecule has 27 heavy (non-hydrogen) atoms. The van der Waals surface area contributed by atoms with E-state index in [4.69, 9.17) is 0 Å². The maximum atomic E-state index is 13.1. The zero-order valence-electron chi connectivity index (χ0n) is 15.6. The number of nitrogens with zero attached hydrogens (tertiary/aromatic N) is 2. The number of hydrogen-bond acceptors (Lipinski definition) is 4. The average Bonchev–Trinajstić information content (AvgIpc) is 2.82. The van der Waals surface area contributed by atoms with Crippen molar-refractivity contribution in [2.45, 2.75) is 63.2 Å². The highest BCUT2D eigenvalue weighted by atomic mass is 79.9. The van der Waals surface area contributed by atoms with Crippen LogP contribution in [0.4, 0.5) is 5.69 Å². The second kappa shape index (κ2) is 9.73. The van der Waals surface area contributed by atoms with E-state index in [1.54, 1.807) is 0 Å². The maximum absolute atomic E-state index is 13.1. The van der Waals surface area contributed by atoms with Crippen molar-refractivity contribution in [3.05, 3.63) is 28.7 Å². The van der Waals surface area contributed by atoms with Crippen LogP contribution in [0.1, 0.15) is 51.9 Å². The summed E-state index contributed by atoms with van der Waals surface area (Å²) >= 11 is 4.83. The molecule has 146 valence electrons. The highest BCUT2D eigenvalue weighted by Gasteiger charge is 2.42. The van der Waals surface area contributed by atoms with E-state index >= 15 is 0 Å². The molecule has 1 aliphatic carbocycles. The van der Waals surface area contributed by atoms with Crippen molar-refractivity contribution in [3.63, 3.8) is 0 Å². The lowest BCUT2D eigenvalue weighted by Crippen LogP contribution is -2.41. The third-order valence-electron chi connectivity index (χ3n) is 4.95. The first-order valence-corrected chi connectivity index (χ1v) is 11.4. The van der Waals surface area contributed by atoms with Crippen LogP contribution in [0.5, 0.6) is 0 Å². The van der Waals surface area contributed by atoms with E-state index in [0.717, 1.165) is 41.0 Å². The lowest BCUT2D eigenvalue weighted by molar-refractivity contribution is -0.129. The van der Waals surface area contributed by atoms with Crippen molar-refractivity contribution >= 4 is 50.4 Å². The van der Waals surface area contributed by atoms with Gasteiger partial charge in [0.15, 0.2) is 5.17 Å². The summed E-state index contributed by atoms with van der Waals surface area (Å²) < 4.78 is 0.960. The molecule has 0 aromatic heterocycles. The third kappa shape index (κ3) is 5.35. The van der Waals surface area contributed by atoms with Gasteiger partial charge >= 0.3 is 0 Å². The Bertz CT molecular complexity index is 700. The van der Waals surface area contributed by atoms with Gasteiger partial charge in [-0.3, -0.25) is 19.5 Å². The fourth-order valence-corrected chi connectivity index (χ4v) is 5.15. The van der Waals surface area contributed by atoms with E-state index in [1.165, 1.54) is 24.6 Å². The quantitative estimate of drug-likeness (QED) is 0.652.